The number of hydrogen-bond acceptors (Lipinski definition) is 8. The van der Waals surface area contributed by atoms with Crippen LogP contribution in [0.1, 0.15) is 20.8 Å². The molecule has 234 valence electrons. The number of para-hydroxylation sites is 4. The lowest BCUT2D eigenvalue weighted by Gasteiger charge is -2.47. The van der Waals surface area contributed by atoms with E-state index in [-0.39, 0.29) is 18.0 Å². The zero-order valence-electron chi connectivity index (χ0n) is 23.9. The van der Waals surface area contributed by atoms with E-state index in [0.717, 1.165) is 30.5 Å². The molecule has 3 aromatic carbocycles. The Hall–Kier alpha value is -4.30. The number of anilines is 2. The second-order valence-corrected chi connectivity index (χ2v) is 12.9. The van der Waals surface area contributed by atoms with Gasteiger partial charge in [-0.05, 0) is 69.3 Å². The molecule has 0 aromatic heterocycles. The molecule has 3 aromatic rings. The van der Waals surface area contributed by atoms with Crippen molar-refractivity contribution in [1.82, 2.24) is 4.90 Å². The maximum absolute atomic E-state index is 13.3. The number of nitrogens with zero attached hydrogens (tertiary/aromatic N) is 3. The molecule has 2 aliphatic rings. The number of likely N-dealkylation sites (tertiary alicyclic amines) is 1. The predicted molar refractivity (Wildman–Crippen MR) is 155 cm³/mol. The normalized spacial score (nSPS) is 20.5. The second kappa shape index (κ2) is 11.7. The minimum atomic E-state index is -4.94. The summed E-state index contributed by atoms with van der Waals surface area (Å²) in [6.07, 6.45) is -5.78. The van der Waals surface area contributed by atoms with Gasteiger partial charge in [-0.2, -0.15) is 12.8 Å². The standard InChI is InChI=1S/C30H30F3N3O7S/c1-29(2,3)43-28(38)35-17-19(16-34-44(39,40)21-14-12-20(13-15-21)42-30(31,32)33)27(37)24(18-35)36-22-8-4-6-10-25(22)41-26-11-7-5-9-23(26)36/h4-16,19,24,27,37H,17-18H2,1-3H3/t19?,24-,27-/m0/s1. The highest BCUT2D eigenvalue weighted by Gasteiger charge is 2.44. The number of carbonyl (C=O) groups is 1. The van der Waals surface area contributed by atoms with Crippen LogP contribution < -0.4 is 14.4 Å². The third-order valence-corrected chi connectivity index (χ3v) is 8.14. The predicted octanol–water partition coefficient (Wildman–Crippen LogP) is 5.89. The van der Waals surface area contributed by atoms with Crippen LogP contribution >= 0.6 is 0 Å². The molecule has 0 spiro atoms. The minimum Gasteiger partial charge on any atom is -0.453 e. The molecule has 0 radical (unpaired) electrons. The lowest BCUT2D eigenvalue weighted by Crippen LogP contribution is -2.60. The number of rotatable bonds is 5. The van der Waals surface area contributed by atoms with Gasteiger partial charge in [-0.1, -0.05) is 24.3 Å². The first-order valence-corrected chi connectivity index (χ1v) is 15.0. The van der Waals surface area contributed by atoms with Gasteiger partial charge < -0.3 is 29.1 Å². The van der Waals surface area contributed by atoms with E-state index in [9.17, 15) is 31.5 Å². The quantitative estimate of drug-likeness (QED) is 0.346. The molecule has 0 saturated carbocycles. The molecule has 1 fully saturated rings. The van der Waals surface area contributed by atoms with Gasteiger partial charge in [-0.25, -0.2) is 4.79 Å². The molecule has 44 heavy (non-hydrogen) atoms. The van der Waals surface area contributed by atoms with E-state index in [4.69, 9.17) is 9.47 Å². The number of aliphatic hydroxyl groups is 1. The molecule has 10 nitrogen and oxygen atoms in total. The maximum atomic E-state index is 13.3. The number of ether oxygens (including phenoxy) is 3. The molecular formula is C30H30F3N3O7S. The van der Waals surface area contributed by atoms with Gasteiger partial charge in [0.25, 0.3) is 10.0 Å². The molecule has 2 aliphatic heterocycles. The summed E-state index contributed by atoms with van der Waals surface area (Å²) in [5.74, 6) is -0.520. The van der Waals surface area contributed by atoms with Gasteiger partial charge in [0.2, 0.25) is 0 Å². The third kappa shape index (κ3) is 6.91. The number of aliphatic hydroxyl groups excluding tert-OH is 1. The van der Waals surface area contributed by atoms with E-state index in [2.05, 4.69) is 9.13 Å². The molecule has 14 heteroatoms. The van der Waals surface area contributed by atoms with E-state index >= 15 is 0 Å². The zero-order chi connectivity index (χ0) is 31.9. The first-order valence-electron chi connectivity index (χ1n) is 13.6. The number of carbonyl (C=O) groups excluding carboxylic acids is 1. The number of hydrogen-bond donors (Lipinski definition) is 1. The van der Waals surface area contributed by atoms with Crippen LogP contribution in [-0.4, -0.2) is 67.9 Å². The summed E-state index contributed by atoms with van der Waals surface area (Å²) in [7, 11) is -4.40. The fourth-order valence-corrected chi connectivity index (χ4v) is 5.94. The largest absolute Gasteiger partial charge is 0.573 e. The fourth-order valence-electron chi connectivity index (χ4n) is 5.02. The number of amides is 1. The van der Waals surface area contributed by atoms with Gasteiger partial charge in [0.05, 0.1) is 28.4 Å². The first-order chi connectivity index (χ1) is 20.6. The Morgan fingerprint density at radius 1 is 0.955 bits per heavy atom. The Morgan fingerprint density at radius 2 is 1.52 bits per heavy atom. The van der Waals surface area contributed by atoms with Crippen molar-refractivity contribution in [2.45, 2.75) is 49.8 Å². The van der Waals surface area contributed by atoms with Gasteiger partial charge in [0.1, 0.15) is 11.4 Å². The van der Waals surface area contributed by atoms with Crippen molar-refractivity contribution in [3.63, 3.8) is 0 Å². The summed E-state index contributed by atoms with van der Waals surface area (Å²) < 4.78 is 82.8. The molecule has 0 aliphatic carbocycles. The summed E-state index contributed by atoms with van der Waals surface area (Å²) in [6, 6.07) is 17.2. The van der Waals surface area contributed by atoms with E-state index in [1.807, 2.05) is 17.0 Å². The van der Waals surface area contributed by atoms with Crippen LogP contribution in [0.5, 0.6) is 17.2 Å². The van der Waals surface area contributed by atoms with E-state index < -0.39 is 51.9 Å². The third-order valence-electron chi connectivity index (χ3n) is 6.87. The number of alkyl halides is 3. The van der Waals surface area contributed by atoms with E-state index in [1.54, 1.807) is 57.2 Å². The minimum absolute atomic E-state index is 0.0243. The Balaban J connectivity index is 1.49. The van der Waals surface area contributed by atoms with Gasteiger partial charge in [-0.15, -0.1) is 13.2 Å². The highest BCUT2D eigenvalue weighted by Crippen LogP contribution is 2.48. The van der Waals surface area contributed by atoms with Crippen molar-refractivity contribution in [3.8, 4) is 17.2 Å². The maximum Gasteiger partial charge on any atom is 0.573 e. The van der Waals surface area contributed by atoms with Crippen molar-refractivity contribution in [2.24, 2.45) is 10.3 Å². The van der Waals surface area contributed by atoms with E-state index in [0.29, 0.717) is 22.9 Å². The summed E-state index contributed by atoms with van der Waals surface area (Å²) in [5.41, 5.74) is 0.437. The monoisotopic (exact) mass is 633 g/mol. The average Bonchev–Trinajstić information content (AvgIpc) is 2.94. The highest BCUT2D eigenvalue weighted by molar-refractivity contribution is 7.90. The van der Waals surface area contributed by atoms with Crippen LogP contribution in [0.15, 0.2) is 82.1 Å². The first kappa shape index (κ1) is 31.1. The summed E-state index contributed by atoms with van der Waals surface area (Å²) >= 11 is 0. The number of benzene rings is 3. The number of piperidine rings is 1. The zero-order valence-corrected chi connectivity index (χ0v) is 24.7. The SMILES string of the molecule is CC(C)(C)OC(=O)N1CC(C=NS(=O)(=O)c2ccc(OC(F)(F)F)cc2)[C@H](O)[C@@H](N2c3ccccc3Oc3ccccc32)C1. The molecule has 1 amide bonds. The smallest absolute Gasteiger partial charge is 0.453 e. The van der Waals surface area contributed by atoms with Crippen molar-refractivity contribution < 1.29 is 45.7 Å². The Kier molecular flexibility index (Phi) is 8.25. The fraction of sp³-hybridized carbons (Fsp3) is 0.333. The summed E-state index contributed by atoms with van der Waals surface area (Å²) in [4.78, 5) is 16.1. The Morgan fingerprint density at radius 3 is 2.07 bits per heavy atom. The van der Waals surface area contributed by atoms with Crippen LogP contribution in [-0.2, 0) is 14.8 Å². The van der Waals surface area contributed by atoms with Gasteiger partial charge in [-0.3, -0.25) is 0 Å². The lowest BCUT2D eigenvalue weighted by atomic mass is 9.89. The highest BCUT2D eigenvalue weighted by atomic mass is 32.2. The van der Waals surface area contributed by atoms with Crippen LogP contribution in [0, 0.1) is 5.92 Å². The molecule has 5 rings (SSSR count). The summed E-state index contributed by atoms with van der Waals surface area (Å²) in [5, 5.41) is 11.7. The van der Waals surface area contributed by atoms with Gasteiger partial charge in [0.15, 0.2) is 11.5 Å². The van der Waals surface area contributed by atoms with Crippen molar-refractivity contribution in [3.05, 3.63) is 72.8 Å². The number of halogens is 3. The van der Waals surface area contributed by atoms with Crippen molar-refractivity contribution in [2.75, 3.05) is 18.0 Å². The average molecular weight is 634 g/mol. The Bertz CT molecular complexity index is 1610. The van der Waals surface area contributed by atoms with Crippen LogP contribution in [0.3, 0.4) is 0 Å². The molecule has 1 N–H and O–H groups in total. The number of fused-ring (bicyclic) bond motifs is 2. The van der Waals surface area contributed by atoms with Gasteiger partial charge >= 0.3 is 12.5 Å². The molecule has 2 heterocycles. The molecule has 1 unspecified atom stereocenters. The van der Waals surface area contributed by atoms with Crippen LogP contribution in [0.25, 0.3) is 0 Å². The van der Waals surface area contributed by atoms with E-state index in [1.165, 1.54) is 4.90 Å². The molecular weight excluding hydrogens is 603 g/mol. The van der Waals surface area contributed by atoms with Crippen molar-refractivity contribution in [1.29, 1.82) is 0 Å². The van der Waals surface area contributed by atoms with Crippen molar-refractivity contribution >= 4 is 33.7 Å². The van der Waals surface area contributed by atoms with Crippen LogP contribution in [0.2, 0.25) is 0 Å². The summed E-state index contributed by atoms with van der Waals surface area (Å²) in [6.45, 7) is 5.05. The van der Waals surface area contributed by atoms with Crippen LogP contribution in [0.4, 0.5) is 29.3 Å². The molecule has 1 saturated heterocycles. The van der Waals surface area contributed by atoms with Gasteiger partial charge in [0, 0.05) is 25.2 Å². The molecule has 3 atom stereocenters. The second-order valence-electron chi connectivity index (χ2n) is 11.3. The topological polar surface area (TPSA) is 118 Å². The molecule has 0 bridgehead atoms. The lowest BCUT2D eigenvalue weighted by molar-refractivity contribution is -0.274. The number of sulfonamides is 1. The Labute approximate surface area is 252 Å².